The first-order chi connectivity index (χ1) is 29.4. The molecule has 354 valence electrons. The van der Waals surface area contributed by atoms with Crippen molar-refractivity contribution in [1.29, 1.82) is 0 Å². The Labute approximate surface area is 363 Å². The Morgan fingerprint density at radius 2 is 1.35 bits per heavy atom. The maximum Gasteiger partial charge on any atom is 0.187 e. The van der Waals surface area contributed by atoms with Gasteiger partial charge in [-0.05, 0) is 98.7 Å². The zero-order chi connectivity index (χ0) is 44.2. The van der Waals surface area contributed by atoms with Gasteiger partial charge in [0, 0.05) is 12.3 Å². The summed E-state index contributed by atoms with van der Waals surface area (Å²) in [6.07, 6.45) is -12.0. The minimum atomic E-state index is -1.82. The summed E-state index contributed by atoms with van der Waals surface area (Å²) in [5.74, 6) is 2.56. The van der Waals surface area contributed by atoms with Gasteiger partial charge in [0.15, 0.2) is 24.7 Å². The van der Waals surface area contributed by atoms with Gasteiger partial charge in [0.2, 0.25) is 0 Å². The molecule has 0 aromatic rings. The number of allylic oxidation sites excluding steroid dienone is 1. The van der Waals surface area contributed by atoms with Gasteiger partial charge in [-0.3, -0.25) is 0 Å². The summed E-state index contributed by atoms with van der Waals surface area (Å²) in [6.45, 7) is 10.4. The third-order valence-corrected chi connectivity index (χ3v) is 17.7. The second-order valence-corrected chi connectivity index (χ2v) is 21.1. The van der Waals surface area contributed by atoms with Crippen molar-refractivity contribution < 1.29 is 83.9 Å². The lowest BCUT2D eigenvalue weighted by Gasteiger charge is -2.58. The normalized spacial score (nSPS) is 57.6. The highest BCUT2D eigenvalue weighted by Gasteiger charge is 2.69. The summed E-state index contributed by atoms with van der Waals surface area (Å²) < 4.78 is 49.9. The van der Waals surface area contributed by atoms with Crippen LogP contribution in [0.2, 0.25) is 0 Å². The fourth-order valence-corrected chi connectivity index (χ4v) is 14.0. The zero-order valence-electron chi connectivity index (χ0n) is 36.6. The van der Waals surface area contributed by atoms with Gasteiger partial charge < -0.3 is 83.9 Å². The van der Waals surface area contributed by atoms with E-state index in [4.69, 9.17) is 37.9 Å². The number of aliphatic hydroxyl groups excluding tert-OH is 9. The third-order valence-electron chi connectivity index (χ3n) is 17.7. The van der Waals surface area contributed by atoms with Crippen LogP contribution >= 0.6 is 0 Å². The second kappa shape index (κ2) is 17.3. The van der Waals surface area contributed by atoms with Crippen molar-refractivity contribution in [2.24, 2.45) is 46.3 Å². The Kier molecular flexibility index (Phi) is 12.9. The van der Waals surface area contributed by atoms with E-state index in [0.29, 0.717) is 48.3 Å². The van der Waals surface area contributed by atoms with Crippen LogP contribution in [0.1, 0.15) is 92.4 Å². The van der Waals surface area contributed by atoms with Gasteiger partial charge in [-0.15, -0.1) is 0 Å². The van der Waals surface area contributed by atoms with Crippen LogP contribution < -0.4 is 0 Å². The standard InChI is InChI=1S/C45H72O17/c1-19-8-13-45(55-18-19)20(2)30-27(62-45)15-26-24-7-6-22-14-23(9-11-43(22,4)25(24)10-12-44(26,30)5)57-42-39(61-40-35(52)33(50)31(48)21(3)56-40)37(54)38(29(17-47)59-42)60-41-36(53)34(51)32(49)28(16-46)58-41/h6,19-21,23-42,46-54H,7-18H2,1-5H3/t19-,20-,21-,23+,24+,25-,26-,27-,28-,29+,30-,31-,32-,33+,34-,35+,36+,37-,38+,39+,40+,41+,42+,43-,44-,45+/m1/s1. The van der Waals surface area contributed by atoms with Crippen LogP contribution in [0, 0.1) is 46.3 Å². The maximum atomic E-state index is 12.0. The predicted octanol–water partition coefficient (Wildman–Crippen LogP) is 0.214. The van der Waals surface area contributed by atoms with Crippen LogP contribution in [0.3, 0.4) is 0 Å². The van der Waals surface area contributed by atoms with E-state index in [1.165, 1.54) is 12.5 Å². The minimum Gasteiger partial charge on any atom is -0.394 e. The van der Waals surface area contributed by atoms with E-state index in [2.05, 4.69) is 33.8 Å². The molecule has 17 nitrogen and oxygen atoms in total. The quantitative estimate of drug-likeness (QED) is 0.148. The fraction of sp³-hybridized carbons (Fsp3) is 0.956. The summed E-state index contributed by atoms with van der Waals surface area (Å²) in [4.78, 5) is 0. The number of aliphatic hydroxyl groups is 9. The molecule has 26 atom stereocenters. The number of fused-ring (bicyclic) bond motifs is 7. The third kappa shape index (κ3) is 7.49. The van der Waals surface area contributed by atoms with Crippen molar-refractivity contribution in [2.75, 3.05) is 19.8 Å². The Balaban J connectivity index is 0.917. The summed E-state index contributed by atoms with van der Waals surface area (Å²) in [5, 5.41) is 95.7. The Morgan fingerprint density at radius 3 is 2.05 bits per heavy atom. The topological polar surface area (TPSA) is 256 Å². The molecule has 62 heavy (non-hydrogen) atoms. The van der Waals surface area contributed by atoms with Crippen molar-refractivity contribution in [3.05, 3.63) is 11.6 Å². The fourth-order valence-electron chi connectivity index (χ4n) is 14.0. The molecular formula is C45H72O17. The predicted molar refractivity (Wildman–Crippen MR) is 214 cm³/mol. The zero-order valence-corrected chi connectivity index (χ0v) is 36.6. The molecule has 5 saturated heterocycles. The molecule has 3 saturated carbocycles. The van der Waals surface area contributed by atoms with Crippen molar-refractivity contribution in [3.8, 4) is 0 Å². The lowest BCUT2D eigenvalue weighted by Crippen LogP contribution is -2.67. The van der Waals surface area contributed by atoms with Crippen LogP contribution in [-0.4, -0.2) is 176 Å². The molecule has 4 aliphatic carbocycles. The first-order valence-electron chi connectivity index (χ1n) is 23.4. The van der Waals surface area contributed by atoms with E-state index in [0.717, 1.165) is 51.6 Å². The highest BCUT2D eigenvalue weighted by Crippen LogP contribution is 2.70. The first kappa shape index (κ1) is 46.2. The van der Waals surface area contributed by atoms with Gasteiger partial charge in [-0.1, -0.05) is 39.3 Å². The minimum absolute atomic E-state index is 0.0356. The van der Waals surface area contributed by atoms with Gasteiger partial charge in [-0.25, -0.2) is 0 Å². The van der Waals surface area contributed by atoms with Gasteiger partial charge in [0.05, 0.1) is 38.1 Å². The highest BCUT2D eigenvalue weighted by atomic mass is 16.8. The average Bonchev–Trinajstić information content (AvgIpc) is 3.70. The van der Waals surface area contributed by atoms with E-state index in [-0.39, 0.29) is 23.0 Å². The van der Waals surface area contributed by atoms with Gasteiger partial charge in [-0.2, -0.15) is 0 Å². The van der Waals surface area contributed by atoms with E-state index in [9.17, 15) is 46.0 Å². The SMILES string of the molecule is C[C@@H]1CC[C@]2(OC1)O[C@@H]1C[C@@H]3[C@H]4CC=C5C[C@@H](O[C@H]6O[C@@H](CO)[C@H](O[C@@H]7O[C@H](CO)[C@@H](O)[C@@H](O)[C@@H]7O)[C@@H](O)[C@@H]6O[C@@H]6O[C@H](C)[C@@H](O)[C@H](O)[C@@H]6O)CC[C@@]5(C)[C@@H]4CC[C@@]3(C)[C@@H]1[C@H]2C. The first-order valence-corrected chi connectivity index (χ1v) is 23.4. The molecule has 9 rings (SSSR count). The molecule has 17 heteroatoms. The molecular weight excluding hydrogens is 812 g/mol. The second-order valence-electron chi connectivity index (χ2n) is 21.1. The molecule has 5 heterocycles. The molecule has 9 aliphatic rings. The summed E-state index contributed by atoms with van der Waals surface area (Å²) in [7, 11) is 0. The van der Waals surface area contributed by atoms with Gasteiger partial charge in [0.1, 0.15) is 67.1 Å². The van der Waals surface area contributed by atoms with E-state index < -0.39 is 111 Å². The summed E-state index contributed by atoms with van der Waals surface area (Å²) in [6, 6.07) is 0. The van der Waals surface area contributed by atoms with Gasteiger partial charge in [0.25, 0.3) is 0 Å². The molecule has 0 bridgehead atoms. The van der Waals surface area contributed by atoms with Crippen LogP contribution in [-0.2, 0) is 37.9 Å². The molecule has 0 aromatic heterocycles. The monoisotopic (exact) mass is 884 g/mol. The summed E-state index contributed by atoms with van der Waals surface area (Å²) >= 11 is 0. The van der Waals surface area contributed by atoms with Crippen LogP contribution in [0.4, 0.5) is 0 Å². The van der Waals surface area contributed by atoms with Gasteiger partial charge >= 0.3 is 0 Å². The van der Waals surface area contributed by atoms with Crippen molar-refractivity contribution >= 4 is 0 Å². The molecule has 0 aromatic carbocycles. The van der Waals surface area contributed by atoms with E-state index in [1.807, 2.05) is 0 Å². The van der Waals surface area contributed by atoms with Crippen molar-refractivity contribution in [3.63, 3.8) is 0 Å². The molecule has 0 amide bonds. The number of hydrogen-bond acceptors (Lipinski definition) is 17. The van der Waals surface area contributed by atoms with Crippen LogP contribution in [0.5, 0.6) is 0 Å². The van der Waals surface area contributed by atoms with E-state index >= 15 is 0 Å². The van der Waals surface area contributed by atoms with Crippen molar-refractivity contribution in [1.82, 2.24) is 0 Å². The Hall–Kier alpha value is -0.940. The molecule has 0 unspecified atom stereocenters. The largest absolute Gasteiger partial charge is 0.394 e. The Morgan fingerprint density at radius 1 is 0.677 bits per heavy atom. The van der Waals surface area contributed by atoms with Crippen LogP contribution in [0.25, 0.3) is 0 Å². The molecule has 5 aliphatic heterocycles. The molecule has 9 N–H and O–H groups in total. The molecule has 1 spiro atoms. The van der Waals surface area contributed by atoms with E-state index in [1.54, 1.807) is 0 Å². The number of ether oxygens (including phenoxy) is 8. The van der Waals surface area contributed by atoms with Crippen LogP contribution in [0.15, 0.2) is 11.6 Å². The highest BCUT2D eigenvalue weighted by molar-refractivity contribution is 5.26. The summed E-state index contributed by atoms with van der Waals surface area (Å²) in [5.41, 5.74) is 1.48. The van der Waals surface area contributed by atoms with Crippen molar-refractivity contribution in [2.45, 2.75) is 203 Å². The Bertz CT molecular complexity index is 1610. The average molecular weight is 885 g/mol. The number of hydrogen-bond donors (Lipinski definition) is 9. The lowest BCUT2D eigenvalue weighted by atomic mass is 9.47. The maximum absolute atomic E-state index is 12.0. The molecule has 0 radical (unpaired) electrons. The smallest absolute Gasteiger partial charge is 0.187 e. The number of rotatable bonds is 8. The lowest BCUT2D eigenvalue weighted by molar-refractivity contribution is -0.389. The molecule has 8 fully saturated rings.